The fourth-order valence-electron chi connectivity index (χ4n) is 0.621. The Morgan fingerprint density at radius 1 is 1.60 bits per heavy atom. The molecule has 1 heterocycles. The lowest BCUT2D eigenvalue weighted by molar-refractivity contribution is 1.32. The van der Waals surface area contributed by atoms with Gasteiger partial charge in [-0.15, -0.1) is 11.8 Å². The van der Waals surface area contributed by atoms with Gasteiger partial charge in [0.1, 0.15) is 0 Å². The van der Waals surface area contributed by atoms with Crippen LogP contribution >= 0.6 is 11.8 Å². The number of hydrogen-bond acceptors (Lipinski definition) is 2. The summed E-state index contributed by atoms with van der Waals surface area (Å²) in [7, 11) is 0. The van der Waals surface area contributed by atoms with Crippen molar-refractivity contribution in [1.29, 1.82) is 0 Å². The Bertz CT molecular complexity index is 206. The molecule has 0 unspecified atom stereocenters. The summed E-state index contributed by atoms with van der Waals surface area (Å²) in [5.41, 5.74) is 1.15. The van der Waals surface area contributed by atoms with Crippen molar-refractivity contribution < 1.29 is 0 Å². The van der Waals surface area contributed by atoms with Crippen molar-refractivity contribution in [1.82, 2.24) is 4.98 Å². The summed E-state index contributed by atoms with van der Waals surface area (Å²) in [5, 5.41) is 2.04. The molecule has 0 aromatic carbocycles. The van der Waals surface area contributed by atoms with Gasteiger partial charge in [-0.25, -0.2) is 0 Å². The molecule has 1 aromatic rings. The van der Waals surface area contributed by atoms with E-state index in [1.165, 1.54) is 0 Å². The van der Waals surface area contributed by atoms with Crippen molar-refractivity contribution >= 4 is 17.8 Å². The topological polar surface area (TPSA) is 12.9 Å². The van der Waals surface area contributed by atoms with Crippen molar-refractivity contribution in [2.75, 3.05) is 6.26 Å². The van der Waals surface area contributed by atoms with E-state index in [4.69, 9.17) is 0 Å². The second kappa shape index (κ2) is 4.12. The van der Waals surface area contributed by atoms with Crippen LogP contribution in [0, 0.1) is 0 Å². The van der Waals surface area contributed by atoms with Crippen molar-refractivity contribution in [3.63, 3.8) is 0 Å². The largest absolute Gasteiger partial charge is 0.264 e. The Kier molecular flexibility index (Phi) is 3.03. The zero-order valence-electron chi connectivity index (χ0n) is 5.82. The lowest BCUT2D eigenvalue weighted by Crippen LogP contribution is -1.71. The monoisotopic (exact) mass is 151 g/mol. The van der Waals surface area contributed by atoms with Crippen LogP contribution in [0.25, 0.3) is 6.08 Å². The molecule has 2 heteroatoms. The van der Waals surface area contributed by atoms with E-state index < -0.39 is 0 Å². The van der Waals surface area contributed by atoms with Crippen LogP contribution in [0.2, 0.25) is 0 Å². The summed E-state index contributed by atoms with van der Waals surface area (Å²) >= 11 is 1.69. The quantitative estimate of drug-likeness (QED) is 0.643. The number of rotatable bonds is 2. The van der Waals surface area contributed by atoms with Gasteiger partial charge in [0, 0.05) is 12.4 Å². The van der Waals surface area contributed by atoms with Crippen molar-refractivity contribution in [2.24, 2.45) is 0 Å². The molecule has 0 bridgehead atoms. The van der Waals surface area contributed by atoms with Crippen LogP contribution in [-0.4, -0.2) is 11.2 Å². The third kappa shape index (κ3) is 2.23. The molecule has 52 valence electrons. The maximum Gasteiger partial charge on any atom is 0.0340 e. The number of nitrogens with zero attached hydrogens (tertiary/aromatic N) is 1. The number of pyridine rings is 1. The highest BCUT2D eigenvalue weighted by atomic mass is 32.2. The molecular formula is C8H9NS. The van der Waals surface area contributed by atoms with E-state index in [0.29, 0.717) is 0 Å². The van der Waals surface area contributed by atoms with E-state index in [2.05, 4.69) is 4.98 Å². The average molecular weight is 151 g/mol. The van der Waals surface area contributed by atoms with Crippen LogP contribution in [0.1, 0.15) is 5.56 Å². The third-order valence-corrected chi connectivity index (χ3v) is 1.49. The minimum atomic E-state index is 1.15. The summed E-state index contributed by atoms with van der Waals surface area (Å²) in [4.78, 5) is 3.98. The first-order valence-corrected chi connectivity index (χ1v) is 4.31. The van der Waals surface area contributed by atoms with Crippen molar-refractivity contribution in [3.05, 3.63) is 35.5 Å². The fraction of sp³-hybridized carbons (Fsp3) is 0.125. The molecule has 0 N–H and O–H groups in total. The van der Waals surface area contributed by atoms with Gasteiger partial charge in [0.25, 0.3) is 0 Å². The average Bonchev–Trinajstić information content (AvgIpc) is 2.03. The van der Waals surface area contributed by atoms with Crippen LogP contribution in [0.4, 0.5) is 0 Å². The fourth-order valence-corrected chi connectivity index (χ4v) is 0.914. The van der Waals surface area contributed by atoms with Gasteiger partial charge < -0.3 is 0 Å². The summed E-state index contributed by atoms with van der Waals surface area (Å²) < 4.78 is 0. The second-order valence-electron chi connectivity index (χ2n) is 1.82. The number of hydrogen-bond donors (Lipinski definition) is 0. The molecule has 1 nitrogen and oxygen atoms in total. The summed E-state index contributed by atoms with van der Waals surface area (Å²) in [6.07, 6.45) is 7.69. The Hall–Kier alpha value is -0.760. The lowest BCUT2D eigenvalue weighted by atomic mass is 10.3. The first kappa shape index (κ1) is 7.35. The molecule has 10 heavy (non-hydrogen) atoms. The van der Waals surface area contributed by atoms with E-state index >= 15 is 0 Å². The lowest BCUT2D eigenvalue weighted by Gasteiger charge is -1.87. The highest BCUT2D eigenvalue weighted by Gasteiger charge is 1.80. The predicted molar refractivity (Wildman–Crippen MR) is 46.8 cm³/mol. The molecule has 0 aliphatic heterocycles. The first-order chi connectivity index (χ1) is 4.93. The van der Waals surface area contributed by atoms with Gasteiger partial charge in [-0.05, 0) is 29.4 Å². The van der Waals surface area contributed by atoms with Crippen LogP contribution in [0.3, 0.4) is 0 Å². The summed E-state index contributed by atoms with van der Waals surface area (Å²) in [6, 6.07) is 3.96. The van der Waals surface area contributed by atoms with Crippen LogP contribution in [0.5, 0.6) is 0 Å². The highest BCUT2D eigenvalue weighted by Crippen LogP contribution is 2.02. The van der Waals surface area contributed by atoms with Crippen LogP contribution in [0.15, 0.2) is 29.9 Å². The molecule has 1 rings (SSSR count). The molecule has 0 spiro atoms. The van der Waals surface area contributed by atoms with Crippen LogP contribution in [-0.2, 0) is 0 Å². The normalized spacial score (nSPS) is 10.5. The molecule has 0 atom stereocenters. The minimum absolute atomic E-state index is 1.15. The Balaban J connectivity index is 2.67. The van der Waals surface area contributed by atoms with Gasteiger partial charge in [0.15, 0.2) is 0 Å². The Morgan fingerprint density at radius 3 is 3.10 bits per heavy atom. The van der Waals surface area contributed by atoms with Crippen LogP contribution < -0.4 is 0 Å². The van der Waals surface area contributed by atoms with Gasteiger partial charge >= 0.3 is 0 Å². The standard InChI is InChI=1S/C8H9NS/c1-10-6-4-8-3-2-5-9-7-8/h2-7H,1H3/b6-4+. The molecule has 0 radical (unpaired) electrons. The van der Waals surface area contributed by atoms with Gasteiger partial charge in [-0.2, -0.15) is 0 Å². The van der Waals surface area contributed by atoms with Crippen molar-refractivity contribution in [2.45, 2.75) is 0 Å². The van der Waals surface area contributed by atoms with Gasteiger partial charge in [-0.1, -0.05) is 6.07 Å². The van der Waals surface area contributed by atoms with E-state index in [1.807, 2.05) is 36.1 Å². The number of thioether (sulfide) groups is 1. The van der Waals surface area contributed by atoms with Crippen molar-refractivity contribution in [3.8, 4) is 0 Å². The molecule has 0 saturated carbocycles. The second-order valence-corrected chi connectivity index (χ2v) is 2.57. The molecule has 0 saturated heterocycles. The van der Waals surface area contributed by atoms with E-state index in [9.17, 15) is 0 Å². The zero-order valence-corrected chi connectivity index (χ0v) is 6.64. The summed E-state index contributed by atoms with van der Waals surface area (Å²) in [5.74, 6) is 0. The molecule has 0 aliphatic rings. The zero-order chi connectivity index (χ0) is 7.23. The Morgan fingerprint density at radius 2 is 2.50 bits per heavy atom. The minimum Gasteiger partial charge on any atom is -0.264 e. The molecule has 0 fully saturated rings. The Labute approximate surface area is 65.2 Å². The molecular weight excluding hydrogens is 142 g/mol. The van der Waals surface area contributed by atoms with Gasteiger partial charge in [0.05, 0.1) is 0 Å². The molecule has 1 aromatic heterocycles. The SMILES string of the molecule is CS/C=C/c1cccnc1. The first-order valence-electron chi connectivity index (χ1n) is 3.03. The maximum absolute atomic E-state index is 3.98. The predicted octanol–water partition coefficient (Wildman–Crippen LogP) is 2.42. The smallest absolute Gasteiger partial charge is 0.0340 e. The third-order valence-electron chi connectivity index (χ3n) is 1.08. The number of aromatic nitrogens is 1. The van der Waals surface area contributed by atoms with E-state index in [1.54, 1.807) is 18.0 Å². The van der Waals surface area contributed by atoms with E-state index in [-0.39, 0.29) is 0 Å². The van der Waals surface area contributed by atoms with Gasteiger partial charge in [-0.3, -0.25) is 4.98 Å². The molecule has 0 aliphatic carbocycles. The maximum atomic E-state index is 3.98. The molecule has 0 amide bonds. The summed E-state index contributed by atoms with van der Waals surface area (Å²) in [6.45, 7) is 0. The highest BCUT2D eigenvalue weighted by molar-refractivity contribution is 8.01. The van der Waals surface area contributed by atoms with Gasteiger partial charge in [0.2, 0.25) is 0 Å². The van der Waals surface area contributed by atoms with E-state index in [0.717, 1.165) is 5.56 Å².